The van der Waals surface area contributed by atoms with Gasteiger partial charge >= 0.3 is 0 Å². The molecule has 0 radical (unpaired) electrons. The van der Waals surface area contributed by atoms with E-state index in [-0.39, 0.29) is 37.1 Å². The Morgan fingerprint density at radius 1 is 1.14 bits per heavy atom. The molecular formula is C17H17F2NO2. The number of ether oxygens (including phenoxy) is 1. The number of aryl methyl sites for hydroxylation is 1. The van der Waals surface area contributed by atoms with Gasteiger partial charge in [0.05, 0.1) is 13.0 Å². The maximum absolute atomic E-state index is 13.4. The smallest absolute Gasteiger partial charge is 0.223 e. The molecule has 2 aromatic carbocycles. The van der Waals surface area contributed by atoms with E-state index in [4.69, 9.17) is 4.74 Å². The van der Waals surface area contributed by atoms with Gasteiger partial charge in [0.25, 0.3) is 0 Å². The standard InChI is InChI=1S/C17H17F2NO2/c1-12-2-3-13(10-16(12)19)11-20-17(21)8-9-22-15-6-4-14(18)5-7-15/h2-7,10H,8-9,11H2,1H3,(H,20,21). The van der Waals surface area contributed by atoms with E-state index in [2.05, 4.69) is 5.32 Å². The van der Waals surface area contributed by atoms with E-state index < -0.39 is 0 Å². The molecular weight excluding hydrogens is 288 g/mol. The van der Waals surface area contributed by atoms with Crippen LogP contribution in [0.2, 0.25) is 0 Å². The number of hydrogen-bond acceptors (Lipinski definition) is 2. The molecule has 2 rings (SSSR count). The Labute approximate surface area is 127 Å². The van der Waals surface area contributed by atoms with Crippen LogP contribution >= 0.6 is 0 Å². The molecule has 0 fully saturated rings. The maximum atomic E-state index is 13.4. The monoisotopic (exact) mass is 305 g/mol. The van der Waals surface area contributed by atoms with Gasteiger partial charge in [-0.2, -0.15) is 0 Å². The van der Waals surface area contributed by atoms with Gasteiger partial charge in [0, 0.05) is 6.54 Å². The zero-order valence-corrected chi connectivity index (χ0v) is 12.2. The molecule has 3 nitrogen and oxygen atoms in total. The second kappa shape index (κ2) is 7.54. The number of carbonyl (C=O) groups is 1. The molecule has 0 atom stereocenters. The number of rotatable bonds is 6. The van der Waals surface area contributed by atoms with Gasteiger partial charge in [0.2, 0.25) is 5.91 Å². The molecule has 0 saturated carbocycles. The minimum absolute atomic E-state index is 0.172. The molecule has 1 amide bonds. The first kappa shape index (κ1) is 15.9. The van der Waals surface area contributed by atoms with Crippen LogP contribution < -0.4 is 10.1 Å². The summed E-state index contributed by atoms with van der Waals surface area (Å²) in [5.74, 6) is -0.306. The van der Waals surface area contributed by atoms with Crippen molar-refractivity contribution in [3.05, 3.63) is 65.2 Å². The summed E-state index contributed by atoms with van der Waals surface area (Å²) >= 11 is 0. The lowest BCUT2D eigenvalue weighted by Crippen LogP contribution is -2.24. The Kier molecular flexibility index (Phi) is 5.47. The van der Waals surface area contributed by atoms with E-state index in [1.54, 1.807) is 19.1 Å². The summed E-state index contributed by atoms with van der Waals surface area (Å²) in [6.45, 7) is 2.15. The van der Waals surface area contributed by atoms with Gasteiger partial charge < -0.3 is 10.1 Å². The van der Waals surface area contributed by atoms with Crippen LogP contribution in [0, 0.1) is 18.6 Å². The second-order valence-corrected chi connectivity index (χ2v) is 4.91. The highest BCUT2D eigenvalue weighted by Gasteiger charge is 2.04. The molecule has 0 saturated heterocycles. The predicted molar refractivity (Wildman–Crippen MR) is 79.5 cm³/mol. The largest absolute Gasteiger partial charge is 0.493 e. The SMILES string of the molecule is Cc1ccc(CNC(=O)CCOc2ccc(F)cc2)cc1F. The zero-order chi connectivity index (χ0) is 15.9. The van der Waals surface area contributed by atoms with E-state index in [9.17, 15) is 13.6 Å². The highest BCUT2D eigenvalue weighted by atomic mass is 19.1. The molecule has 1 N–H and O–H groups in total. The van der Waals surface area contributed by atoms with Gasteiger partial charge in [-0.3, -0.25) is 4.79 Å². The normalized spacial score (nSPS) is 10.3. The van der Waals surface area contributed by atoms with Crippen LogP contribution in [0.5, 0.6) is 5.75 Å². The van der Waals surface area contributed by atoms with Crippen LogP contribution in [-0.2, 0) is 11.3 Å². The van der Waals surface area contributed by atoms with Crippen LogP contribution in [0.4, 0.5) is 8.78 Å². The fraction of sp³-hybridized carbons (Fsp3) is 0.235. The van der Waals surface area contributed by atoms with Crippen molar-refractivity contribution in [2.45, 2.75) is 19.9 Å². The molecule has 22 heavy (non-hydrogen) atoms. The molecule has 0 aliphatic rings. The topological polar surface area (TPSA) is 38.3 Å². The van der Waals surface area contributed by atoms with Gasteiger partial charge in [-0.05, 0) is 48.4 Å². The second-order valence-electron chi connectivity index (χ2n) is 4.91. The average molecular weight is 305 g/mol. The molecule has 0 aliphatic heterocycles. The van der Waals surface area contributed by atoms with Crippen molar-refractivity contribution in [3.63, 3.8) is 0 Å². The van der Waals surface area contributed by atoms with Crippen LogP contribution in [0.3, 0.4) is 0 Å². The van der Waals surface area contributed by atoms with Crippen molar-refractivity contribution < 1.29 is 18.3 Å². The van der Waals surface area contributed by atoms with Crippen LogP contribution in [0.1, 0.15) is 17.5 Å². The lowest BCUT2D eigenvalue weighted by molar-refractivity contribution is -0.121. The van der Waals surface area contributed by atoms with Crippen molar-refractivity contribution in [1.82, 2.24) is 5.32 Å². The lowest BCUT2D eigenvalue weighted by atomic mass is 10.1. The zero-order valence-electron chi connectivity index (χ0n) is 12.2. The fourth-order valence-corrected chi connectivity index (χ4v) is 1.83. The number of hydrogen-bond donors (Lipinski definition) is 1. The third-order valence-corrected chi connectivity index (χ3v) is 3.14. The third-order valence-electron chi connectivity index (χ3n) is 3.14. The van der Waals surface area contributed by atoms with Crippen molar-refractivity contribution in [2.75, 3.05) is 6.61 Å². The van der Waals surface area contributed by atoms with E-state index in [0.717, 1.165) is 0 Å². The van der Waals surface area contributed by atoms with Gasteiger partial charge in [-0.1, -0.05) is 12.1 Å². The molecule has 0 bridgehead atoms. The van der Waals surface area contributed by atoms with E-state index in [1.807, 2.05) is 0 Å². The number of amides is 1. The predicted octanol–water partition coefficient (Wildman–Crippen LogP) is 3.36. The summed E-state index contributed by atoms with van der Waals surface area (Å²) in [5.41, 5.74) is 1.28. The number of halogens is 2. The molecule has 0 unspecified atom stereocenters. The minimum Gasteiger partial charge on any atom is -0.493 e. The Morgan fingerprint density at radius 3 is 2.55 bits per heavy atom. The molecule has 0 aliphatic carbocycles. The molecule has 0 aromatic heterocycles. The minimum atomic E-state index is -0.338. The average Bonchev–Trinajstić information content (AvgIpc) is 2.50. The third kappa shape index (κ3) is 4.84. The van der Waals surface area contributed by atoms with E-state index in [1.165, 1.54) is 30.3 Å². The summed E-state index contributed by atoms with van der Waals surface area (Å²) in [6, 6.07) is 10.4. The Balaban J connectivity index is 1.71. The van der Waals surface area contributed by atoms with Gasteiger partial charge in [0.15, 0.2) is 0 Å². The summed E-state index contributed by atoms with van der Waals surface area (Å²) in [6.07, 6.45) is 0.172. The van der Waals surface area contributed by atoms with Crippen molar-refractivity contribution in [1.29, 1.82) is 0 Å². The van der Waals surface area contributed by atoms with Crippen molar-refractivity contribution in [3.8, 4) is 5.75 Å². The number of nitrogens with one attached hydrogen (secondary N) is 1. The maximum Gasteiger partial charge on any atom is 0.223 e. The van der Waals surface area contributed by atoms with Crippen molar-refractivity contribution >= 4 is 5.91 Å². The number of benzene rings is 2. The number of carbonyl (C=O) groups excluding carboxylic acids is 1. The summed E-state index contributed by atoms with van der Waals surface area (Å²) in [7, 11) is 0. The van der Waals surface area contributed by atoms with Gasteiger partial charge in [0.1, 0.15) is 17.4 Å². The Bertz CT molecular complexity index is 642. The first-order valence-electron chi connectivity index (χ1n) is 6.94. The van der Waals surface area contributed by atoms with Gasteiger partial charge in [-0.25, -0.2) is 8.78 Å². The first-order valence-corrected chi connectivity index (χ1v) is 6.94. The quantitative estimate of drug-likeness (QED) is 0.888. The van der Waals surface area contributed by atoms with Crippen LogP contribution in [-0.4, -0.2) is 12.5 Å². The molecule has 0 heterocycles. The summed E-state index contributed by atoms with van der Waals surface area (Å²) in [5, 5.41) is 2.70. The van der Waals surface area contributed by atoms with E-state index >= 15 is 0 Å². The fourth-order valence-electron chi connectivity index (χ4n) is 1.83. The highest BCUT2D eigenvalue weighted by Crippen LogP contribution is 2.11. The van der Waals surface area contributed by atoms with Crippen LogP contribution in [0.15, 0.2) is 42.5 Å². The molecule has 116 valence electrons. The summed E-state index contributed by atoms with van der Waals surface area (Å²) in [4.78, 5) is 11.7. The summed E-state index contributed by atoms with van der Waals surface area (Å²) < 4.78 is 31.4. The lowest BCUT2D eigenvalue weighted by Gasteiger charge is -2.08. The molecule has 5 heteroatoms. The van der Waals surface area contributed by atoms with E-state index in [0.29, 0.717) is 16.9 Å². The van der Waals surface area contributed by atoms with Crippen molar-refractivity contribution in [2.24, 2.45) is 0 Å². The Morgan fingerprint density at radius 2 is 1.86 bits per heavy atom. The first-order chi connectivity index (χ1) is 10.5. The highest BCUT2D eigenvalue weighted by molar-refractivity contribution is 5.76. The van der Waals surface area contributed by atoms with Crippen LogP contribution in [0.25, 0.3) is 0 Å². The Hall–Kier alpha value is -2.43. The molecule has 0 spiro atoms. The molecule has 2 aromatic rings. The van der Waals surface area contributed by atoms with Gasteiger partial charge in [-0.15, -0.1) is 0 Å².